The van der Waals surface area contributed by atoms with E-state index in [4.69, 9.17) is 14.2 Å². The molecule has 0 rings (SSSR count). The molecule has 0 aliphatic heterocycles. The fourth-order valence-corrected chi connectivity index (χ4v) is 8.02. The predicted octanol–water partition coefficient (Wildman–Crippen LogP) is 17.9. The molecule has 0 aromatic heterocycles. The van der Waals surface area contributed by atoms with Gasteiger partial charge in [0.25, 0.3) is 0 Å². The Morgan fingerprint density at radius 2 is 0.532 bits per heavy atom. The lowest BCUT2D eigenvalue weighted by Gasteiger charge is -2.18. The van der Waals surface area contributed by atoms with Gasteiger partial charge in [0.1, 0.15) is 13.2 Å². The number of rotatable bonds is 50. The van der Waals surface area contributed by atoms with Crippen LogP contribution in [0.15, 0.2) is 24.3 Å². The van der Waals surface area contributed by atoms with E-state index >= 15 is 0 Å². The maximum absolute atomic E-state index is 12.8. The summed E-state index contributed by atoms with van der Waals surface area (Å²) in [6.45, 7) is 6.64. The van der Waals surface area contributed by atoms with Crippen molar-refractivity contribution in [1.29, 1.82) is 0 Å². The van der Waals surface area contributed by atoms with Gasteiger partial charge >= 0.3 is 17.9 Å². The Morgan fingerprint density at radius 1 is 0.306 bits per heavy atom. The number of esters is 3. The van der Waals surface area contributed by atoms with E-state index in [0.717, 1.165) is 70.6 Å². The fraction of sp³-hybridized carbons (Fsp3) is 0.875. The zero-order valence-corrected chi connectivity index (χ0v) is 41.7. The molecule has 0 radical (unpaired) electrons. The SMILES string of the molecule is CCCCCCCCC/C=C\CCCCCCCC(=O)OC(COC(=O)CCCCCCC/C=C\CCCCCCCCCCC)COC(=O)CCCCCCCCCCCC. The van der Waals surface area contributed by atoms with Crippen LogP contribution in [0, 0.1) is 0 Å². The first kappa shape index (κ1) is 59.9. The number of allylic oxidation sites excluding steroid dienone is 4. The number of hydrogen-bond acceptors (Lipinski definition) is 6. The average molecular weight is 873 g/mol. The lowest BCUT2D eigenvalue weighted by molar-refractivity contribution is -0.167. The molecule has 0 N–H and O–H groups in total. The number of carbonyl (C=O) groups is 3. The Balaban J connectivity index is 4.31. The zero-order valence-electron chi connectivity index (χ0n) is 41.7. The highest BCUT2D eigenvalue weighted by Crippen LogP contribution is 2.15. The van der Waals surface area contributed by atoms with E-state index in [0.29, 0.717) is 19.3 Å². The summed E-state index contributed by atoms with van der Waals surface area (Å²) in [4.78, 5) is 38.0. The molecule has 0 aromatic rings. The van der Waals surface area contributed by atoms with Gasteiger partial charge in [0.05, 0.1) is 0 Å². The zero-order chi connectivity index (χ0) is 45.1. The third-order valence-corrected chi connectivity index (χ3v) is 12.2. The van der Waals surface area contributed by atoms with Crippen molar-refractivity contribution < 1.29 is 28.6 Å². The number of hydrogen-bond donors (Lipinski definition) is 0. The fourth-order valence-electron chi connectivity index (χ4n) is 8.02. The average Bonchev–Trinajstić information content (AvgIpc) is 3.27. The van der Waals surface area contributed by atoms with Crippen molar-refractivity contribution in [3.05, 3.63) is 24.3 Å². The lowest BCUT2D eigenvalue weighted by Crippen LogP contribution is -2.30. The molecule has 0 aromatic carbocycles. The minimum absolute atomic E-state index is 0.0737. The normalized spacial score (nSPS) is 12.1. The molecular formula is C56H104O6. The van der Waals surface area contributed by atoms with E-state index in [-0.39, 0.29) is 31.1 Å². The van der Waals surface area contributed by atoms with Gasteiger partial charge in [0.15, 0.2) is 6.10 Å². The molecule has 0 saturated carbocycles. The van der Waals surface area contributed by atoms with E-state index in [2.05, 4.69) is 45.1 Å². The molecule has 1 unspecified atom stereocenters. The van der Waals surface area contributed by atoms with Crippen molar-refractivity contribution >= 4 is 17.9 Å². The van der Waals surface area contributed by atoms with Gasteiger partial charge in [-0.3, -0.25) is 14.4 Å². The van der Waals surface area contributed by atoms with E-state index < -0.39 is 6.10 Å². The second-order valence-corrected chi connectivity index (χ2v) is 18.5. The topological polar surface area (TPSA) is 78.9 Å². The van der Waals surface area contributed by atoms with Crippen LogP contribution in [-0.4, -0.2) is 37.2 Å². The number of carbonyl (C=O) groups excluding carboxylic acids is 3. The molecule has 0 aliphatic rings. The Kier molecular flexibility index (Phi) is 49.8. The van der Waals surface area contributed by atoms with Crippen molar-refractivity contribution in [3.8, 4) is 0 Å². The van der Waals surface area contributed by atoms with Crippen LogP contribution in [-0.2, 0) is 28.6 Å². The Hall–Kier alpha value is -2.11. The molecule has 6 heteroatoms. The van der Waals surface area contributed by atoms with Crippen LogP contribution >= 0.6 is 0 Å². The van der Waals surface area contributed by atoms with Gasteiger partial charge in [-0.05, 0) is 70.6 Å². The van der Waals surface area contributed by atoms with Crippen molar-refractivity contribution in [1.82, 2.24) is 0 Å². The van der Waals surface area contributed by atoms with Gasteiger partial charge in [-0.15, -0.1) is 0 Å². The first-order valence-corrected chi connectivity index (χ1v) is 27.3. The molecule has 1 atom stereocenters. The maximum atomic E-state index is 12.8. The third kappa shape index (κ3) is 48.9. The minimum atomic E-state index is -0.774. The molecule has 364 valence electrons. The molecule has 0 aliphatic carbocycles. The molecule has 0 amide bonds. The van der Waals surface area contributed by atoms with Crippen molar-refractivity contribution in [2.45, 2.75) is 303 Å². The van der Waals surface area contributed by atoms with Crippen molar-refractivity contribution in [2.24, 2.45) is 0 Å². The number of ether oxygens (including phenoxy) is 3. The second kappa shape index (κ2) is 51.5. The van der Waals surface area contributed by atoms with Crippen LogP contribution in [0.4, 0.5) is 0 Å². The minimum Gasteiger partial charge on any atom is -0.462 e. The van der Waals surface area contributed by atoms with E-state index in [1.807, 2.05) is 0 Å². The van der Waals surface area contributed by atoms with Crippen LogP contribution in [0.3, 0.4) is 0 Å². The van der Waals surface area contributed by atoms with Crippen LogP contribution in [0.2, 0.25) is 0 Å². The highest BCUT2D eigenvalue weighted by molar-refractivity contribution is 5.71. The smallest absolute Gasteiger partial charge is 0.306 e. The van der Waals surface area contributed by atoms with Crippen LogP contribution in [0.5, 0.6) is 0 Å². The predicted molar refractivity (Wildman–Crippen MR) is 266 cm³/mol. The summed E-state index contributed by atoms with van der Waals surface area (Å²) in [6.07, 6.45) is 58.8. The molecule has 0 spiro atoms. The lowest BCUT2D eigenvalue weighted by atomic mass is 10.1. The van der Waals surface area contributed by atoms with Gasteiger partial charge in [-0.25, -0.2) is 0 Å². The summed E-state index contributed by atoms with van der Waals surface area (Å²) < 4.78 is 16.8. The summed E-state index contributed by atoms with van der Waals surface area (Å²) in [5, 5.41) is 0. The molecule has 0 saturated heterocycles. The highest BCUT2D eigenvalue weighted by Gasteiger charge is 2.19. The van der Waals surface area contributed by atoms with Gasteiger partial charge in [0.2, 0.25) is 0 Å². The molecule has 0 bridgehead atoms. The van der Waals surface area contributed by atoms with E-state index in [9.17, 15) is 14.4 Å². The summed E-state index contributed by atoms with van der Waals surface area (Å²) in [7, 11) is 0. The Morgan fingerprint density at radius 3 is 0.806 bits per heavy atom. The Labute approximate surface area is 385 Å². The third-order valence-electron chi connectivity index (χ3n) is 12.2. The van der Waals surface area contributed by atoms with Crippen molar-refractivity contribution in [3.63, 3.8) is 0 Å². The molecule has 62 heavy (non-hydrogen) atoms. The molecule has 0 heterocycles. The highest BCUT2D eigenvalue weighted by atomic mass is 16.6. The van der Waals surface area contributed by atoms with Crippen LogP contribution < -0.4 is 0 Å². The summed E-state index contributed by atoms with van der Waals surface area (Å²) in [5.74, 6) is -0.878. The summed E-state index contributed by atoms with van der Waals surface area (Å²) in [6, 6.07) is 0. The summed E-state index contributed by atoms with van der Waals surface area (Å²) in [5.41, 5.74) is 0. The van der Waals surface area contributed by atoms with Gasteiger partial charge in [-0.1, -0.05) is 231 Å². The largest absolute Gasteiger partial charge is 0.462 e. The first-order chi connectivity index (χ1) is 30.5. The van der Waals surface area contributed by atoms with Crippen LogP contribution in [0.25, 0.3) is 0 Å². The first-order valence-electron chi connectivity index (χ1n) is 27.3. The standard InChI is InChI=1S/C56H104O6/c1-4-7-10-13-16-19-22-24-26-28-29-31-32-34-37-40-43-46-49-55(58)61-52-53(51-60-54(57)48-45-42-39-36-21-18-15-12-9-6-3)62-56(59)50-47-44-41-38-35-33-30-27-25-23-20-17-14-11-8-5-2/h27,29-31,53H,4-26,28,32-52H2,1-3H3/b30-27-,31-29-. The van der Waals surface area contributed by atoms with E-state index in [1.54, 1.807) is 0 Å². The van der Waals surface area contributed by atoms with E-state index in [1.165, 1.54) is 186 Å². The molecule has 6 nitrogen and oxygen atoms in total. The van der Waals surface area contributed by atoms with Gasteiger partial charge in [-0.2, -0.15) is 0 Å². The van der Waals surface area contributed by atoms with Gasteiger partial charge in [0, 0.05) is 19.3 Å². The maximum Gasteiger partial charge on any atom is 0.306 e. The second-order valence-electron chi connectivity index (χ2n) is 18.5. The van der Waals surface area contributed by atoms with Crippen molar-refractivity contribution in [2.75, 3.05) is 13.2 Å². The van der Waals surface area contributed by atoms with Crippen LogP contribution in [0.1, 0.15) is 297 Å². The molecule has 0 fully saturated rings. The Bertz CT molecular complexity index is 1000. The van der Waals surface area contributed by atoms with Gasteiger partial charge < -0.3 is 14.2 Å². The summed E-state index contributed by atoms with van der Waals surface area (Å²) >= 11 is 0. The number of unbranched alkanes of at least 4 members (excludes halogenated alkanes) is 35. The quantitative estimate of drug-likeness (QED) is 0.0262. The molecular weight excluding hydrogens is 769 g/mol. The monoisotopic (exact) mass is 873 g/mol.